The van der Waals surface area contributed by atoms with Gasteiger partial charge in [0.2, 0.25) is 0 Å². The molecule has 3 rings (SSSR count). The molecule has 162 valence electrons. The van der Waals surface area contributed by atoms with Crippen LogP contribution in [0.4, 0.5) is 0 Å². The molecule has 1 N–H and O–H groups in total. The first-order valence-electron chi connectivity index (χ1n) is 10.8. The van der Waals surface area contributed by atoms with E-state index >= 15 is 0 Å². The van der Waals surface area contributed by atoms with E-state index in [-0.39, 0.29) is 6.61 Å². The lowest BCUT2D eigenvalue weighted by molar-refractivity contribution is 0.0496. The molecule has 1 heterocycles. The van der Waals surface area contributed by atoms with Gasteiger partial charge in [-0.2, -0.15) is 0 Å². The quantitative estimate of drug-likeness (QED) is 0.572. The largest absolute Gasteiger partial charge is 0.494 e. The summed E-state index contributed by atoms with van der Waals surface area (Å²) in [6.45, 7) is 11.8. The Labute approximate surface area is 180 Å². The highest BCUT2D eigenvalue weighted by molar-refractivity contribution is 5.33. The van der Waals surface area contributed by atoms with Crippen LogP contribution in [-0.2, 0) is 13.1 Å². The fraction of sp³-hybridized carbons (Fsp3) is 0.440. The van der Waals surface area contributed by atoms with E-state index < -0.39 is 0 Å². The van der Waals surface area contributed by atoms with E-state index in [0.29, 0.717) is 19.3 Å². The number of ether oxygens (including phenoxy) is 2. The number of aliphatic hydroxyl groups is 1. The summed E-state index contributed by atoms with van der Waals surface area (Å²) in [5.74, 6) is 1.84. The van der Waals surface area contributed by atoms with E-state index in [1.165, 1.54) is 11.1 Å². The van der Waals surface area contributed by atoms with Crippen molar-refractivity contribution in [3.63, 3.8) is 0 Å². The second-order valence-electron chi connectivity index (χ2n) is 7.66. The Morgan fingerprint density at radius 1 is 1.07 bits per heavy atom. The van der Waals surface area contributed by atoms with Crippen molar-refractivity contribution in [2.24, 2.45) is 0 Å². The van der Waals surface area contributed by atoms with E-state index in [4.69, 9.17) is 9.47 Å². The second kappa shape index (κ2) is 11.7. The highest BCUT2D eigenvalue weighted by Gasteiger charge is 2.27. The molecular weight excluding hydrogens is 376 g/mol. The highest BCUT2D eigenvalue weighted by atomic mass is 16.5. The second-order valence-corrected chi connectivity index (χ2v) is 7.66. The highest BCUT2D eigenvalue weighted by Crippen LogP contribution is 2.23. The molecule has 1 atom stereocenters. The molecule has 0 aliphatic carbocycles. The lowest BCUT2D eigenvalue weighted by atomic mass is 10.1. The van der Waals surface area contributed by atoms with E-state index in [2.05, 4.69) is 40.6 Å². The molecule has 0 aromatic heterocycles. The standard InChI is InChI=1S/C25H34N2O3/c1-3-17-30-25-8-6-5-7-22(25)19-26-14-15-27(23(20-26)13-16-28)18-21-9-11-24(12-10-21)29-4-2/h3,5-12,23,28H,1,4,13-20H2,2H3/t23-/m0/s1. The lowest BCUT2D eigenvalue weighted by Crippen LogP contribution is -2.52. The van der Waals surface area contributed by atoms with Gasteiger partial charge in [0.1, 0.15) is 18.1 Å². The smallest absolute Gasteiger partial charge is 0.124 e. The fourth-order valence-electron chi connectivity index (χ4n) is 3.99. The molecule has 0 bridgehead atoms. The number of para-hydroxylation sites is 1. The van der Waals surface area contributed by atoms with Crippen LogP contribution in [0.15, 0.2) is 61.2 Å². The molecule has 1 aliphatic heterocycles. The Morgan fingerprint density at radius 3 is 2.60 bits per heavy atom. The van der Waals surface area contributed by atoms with Crippen molar-refractivity contribution >= 4 is 0 Å². The van der Waals surface area contributed by atoms with Crippen LogP contribution in [0.3, 0.4) is 0 Å². The first kappa shape index (κ1) is 22.3. The van der Waals surface area contributed by atoms with Gasteiger partial charge in [0.15, 0.2) is 0 Å². The third-order valence-electron chi connectivity index (χ3n) is 5.49. The van der Waals surface area contributed by atoms with E-state index in [1.807, 2.05) is 31.2 Å². The topological polar surface area (TPSA) is 45.2 Å². The maximum Gasteiger partial charge on any atom is 0.124 e. The van der Waals surface area contributed by atoms with Gasteiger partial charge in [-0.1, -0.05) is 43.0 Å². The average molecular weight is 411 g/mol. The molecule has 5 heteroatoms. The molecule has 5 nitrogen and oxygen atoms in total. The summed E-state index contributed by atoms with van der Waals surface area (Å²) < 4.78 is 11.4. The normalized spacial score (nSPS) is 17.6. The molecule has 1 saturated heterocycles. The molecule has 1 aliphatic rings. The summed E-state index contributed by atoms with van der Waals surface area (Å²) >= 11 is 0. The van der Waals surface area contributed by atoms with Crippen LogP contribution in [0.25, 0.3) is 0 Å². The maximum atomic E-state index is 9.62. The molecule has 0 amide bonds. The Kier molecular flexibility index (Phi) is 8.75. The van der Waals surface area contributed by atoms with E-state index in [1.54, 1.807) is 6.08 Å². The lowest BCUT2D eigenvalue weighted by Gasteiger charge is -2.41. The fourth-order valence-corrected chi connectivity index (χ4v) is 3.99. The predicted octanol–water partition coefficient (Wildman–Crippen LogP) is 3.72. The molecule has 0 radical (unpaired) electrons. The van der Waals surface area contributed by atoms with Crippen molar-refractivity contribution in [2.45, 2.75) is 32.5 Å². The van der Waals surface area contributed by atoms with Crippen LogP contribution in [0.1, 0.15) is 24.5 Å². The first-order chi connectivity index (χ1) is 14.7. The molecule has 2 aromatic carbocycles. The zero-order chi connectivity index (χ0) is 21.2. The molecule has 2 aromatic rings. The number of nitrogens with zero attached hydrogens (tertiary/aromatic N) is 2. The van der Waals surface area contributed by atoms with Crippen molar-refractivity contribution in [1.82, 2.24) is 9.80 Å². The molecule has 0 spiro atoms. The summed E-state index contributed by atoms with van der Waals surface area (Å²) in [6.07, 6.45) is 2.55. The van der Waals surface area contributed by atoms with Gasteiger partial charge >= 0.3 is 0 Å². The van der Waals surface area contributed by atoms with E-state index in [0.717, 1.165) is 50.6 Å². The SMILES string of the molecule is C=CCOc1ccccc1CN1CCN(Cc2ccc(OCC)cc2)[C@@H](CCO)C1. The average Bonchev–Trinajstić information content (AvgIpc) is 2.76. The van der Waals surface area contributed by atoms with Crippen LogP contribution in [-0.4, -0.2) is 60.4 Å². The third-order valence-corrected chi connectivity index (χ3v) is 5.49. The molecule has 1 fully saturated rings. The first-order valence-corrected chi connectivity index (χ1v) is 10.8. The Bertz CT molecular complexity index is 778. The molecule has 0 unspecified atom stereocenters. The van der Waals surface area contributed by atoms with Crippen molar-refractivity contribution in [2.75, 3.05) is 39.5 Å². The number of hydrogen-bond donors (Lipinski definition) is 1. The van der Waals surface area contributed by atoms with Crippen LogP contribution >= 0.6 is 0 Å². The predicted molar refractivity (Wildman–Crippen MR) is 121 cm³/mol. The summed E-state index contributed by atoms with van der Waals surface area (Å²) in [4.78, 5) is 4.95. The zero-order valence-electron chi connectivity index (χ0n) is 18.0. The third kappa shape index (κ3) is 6.33. The summed E-state index contributed by atoms with van der Waals surface area (Å²) in [5, 5.41) is 9.62. The van der Waals surface area contributed by atoms with Crippen LogP contribution in [0.5, 0.6) is 11.5 Å². The van der Waals surface area contributed by atoms with E-state index in [9.17, 15) is 5.11 Å². The zero-order valence-corrected chi connectivity index (χ0v) is 18.0. The van der Waals surface area contributed by atoms with Gasteiger partial charge < -0.3 is 14.6 Å². The minimum absolute atomic E-state index is 0.206. The van der Waals surface area contributed by atoms with Gasteiger partial charge in [-0.05, 0) is 37.1 Å². The number of aliphatic hydroxyl groups excluding tert-OH is 1. The van der Waals surface area contributed by atoms with Crippen molar-refractivity contribution < 1.29 is 14.6 Å². The number of benzene rings is 2. The Balaban J connectivity index is 1.61. The number of rotatable bonds is 11. The van der Waals surface area contributed by atoms with Gasteiger partial charge in [-0.15, -0.1) is 0 Å². The number of hydrogen-bond acceptors (Lipinski definition) is 5. The van der Waals surface area contributed by atoms with Gasteiger partial charge in [-0.25, -0.2) is 0 Å². The van der Waals surface area contributed by atoms with Crippen molar-refractivity contribution in [3.05, 3.63) is 72.3 Å². The van der Waals surface area contributed by atoms with Crippen LogP contribution in [0.2, 0.25) is 0 Å². The number of piperazine rings is 1. The Hall–Kier alpha value is -2.34. The summed E-state index contributed by atoms with van der Waals surface area (Å²) in [6, 6.07) is 16.9. The molecule has 0 saturated carbocycles. The van der Waals surface area contributed by atoms with Gasteiger partial charge in [0, 0.05) is 50.9 Å². The molecule has 30 heavy (non-hydrogen) atoms. The minimum Gasteiger partial charge on any atom is -0.494 e. The monoisotopic (exact) mass is 410 g/mol. The van der Waals surface area contributed by atoms with Gasteiger partial charge in [0.05, 0.1) is 6.61 Å². The summed E-state index contributed by atoms with van der Waals surface area (Å²) in [7, 11) is 0. The van der Waals surface area contributed by atoms with Gasteiger partial charge in [0.25, 0.3) is 0 Å². The minimum atomic E-state index is 0.206. The van der Waals surface area contributed by atoms with Crippen LogP contribution < -0.4 is 9.47 Å². The summed E-state index contributed by atoms with van der Waals surface area (Å²) in [5.41, 5.74) is 2.47. The maximum absolute atomic E-state index is 9.62. The Morgan fingerprint density at radius 2 is 1.87 bits per heavy atom. The molecular formula is C25H34N2O3. The van der Waals surface area contributed by atoms with Gasteiger partial charge in [-0.3, -0.25) is 9.80 Å². The van der Waals surface area contributed by atoms with Crippen molar-refractivity contribution in [1.29, 1.82) is 0 Å². The van der Waals surface area contributed by atoms with Crippen LogP contribution in [0, 0.1) is 0 Å². The van der Waals surface area contributed by atoms with Crippen molar-refractivity contribution in [3.8, 4) is 11.5 Å².